The first-order valence-corrected chi connectivity index (χ1v) is 3.88. The summed E-state index contributed by atoms with van der Waals surface area (Å²) in [5.41, 5.74) is 5.80. The first kappa shape index (κ1) is 9.92. The first-order valence-electron chi connectivity index (χ1n) is 3.88. The zero-order valence-corrected chi connectivity index (χ0v) is 7.76. The van der Waals surface area contributed by atoms with Crippen LogP contribution in [-0.2, 0) is 0 Å². The lowest BCUT2D eigenvalue weighted by atomic mass is 9.97. The molecule has 0 radical (unpaired) electrons. The Balaban J connectivity index is 3.98. The molecule has 0 aliphatic heterocycles. The van der Waals surface area contributed by atoms with E-state index < -0.39 is 0 Å². The highest BCUT2D eigenvalue weighted by Crippen LogP contribution is 2.09. The van der Waals surface area contributed by atoms with E-state index in [2.05, 4.69) is 39.8 Å². The van der Waals surface area contributed by atoms with Gasteiger partial charge in [-0.2, -0.15) is 0 Å². The maximum absolute atomic E-state index is 5.80. The molecule has 0 aromatic carbocycles. The molecule has 2 heteroatoms. The Morgan fingerprint density at radius 3 is 1.50 bits per heavy atom. The second-order valence-electron chi connectivity index (χ2n) is 3.56. The number of likely N-dealkylation sites (N-methyl/N-ethyl adjacent to an activating group) is 1. The smallest absolute Gasteiger partial charge is 0.0261 e. The van der Waals surface area contributed by atoms with Crippen molar-refractivity contribution in [3.63, 3.8) is 0 Å². The molecule has 0 saturated heterocycles. The third-order valence-corrected chi connectivity index (χ3v) is 1.82. The molecule has 0 bridgehead atoms. The van der Waals surface area contributed by atoms with E-state index in [1.807, 2.05) is 0 Å². The number of rotatable bonds is 3. The summed E-state index contributed by atoms with van der Waals surface area (Å²) in [5, 5.41) is 0. The Morgan fingerprint density at radius 1 is 1.10 bits per heavy atom. The minimum atomic E-state index is 0.259. The van der Waals surface area contributed by atoms with Crippen molar-refractivity contribution in [3.05, 3.63) is 0 Å². The fraction of sp³-hybridized carbons (Fsp3) is 1.00. The second kappa shape index (κ2) is 3.94. The van der Waals surface area contributed by atoms with Crippen LogP contribution in [0.4, 0.5) is 0 Å². The van der Waals surface area contributed by atoms with Gasteiger partial charge < -0.3 is 10.6 Å². The highest BCUT2D eigenvalue weighted by molar-refractivity contribution is 4.77. The number of hydrogen-bond donors (Lipinski definition) is 1. The summed E-state index contributed by atoms with van der Waals surface area (Å²) >= 11 is 0. The summed E-state index contributed by atoms with van der Waals surface area (Å²) < 4.78 is 0. The molecular weight excluding hydrogens is 124 g/mol. The summed E-state index contributed by atoms with van der Waals surface area (Å²) in [7, 11) is 4.15. The van der Waals surface area contributed by atoms with Crippen molar-refractivity contribution in [3.8, 4) is 0 Å². The third kappa shape index (κ3) is 2.67. The molecule has 62 valence electrons. The summed E-state index contributed by atoms with van der Waals surface area (Å²) in [6.45, 7) is 6.46. The number of nitrogens with zero attached hydrogens (tertiary/aromatic N) is 1. The van der Waals surface area contributed by atoms with Gasteiger partial charge in [0.15, 0.2) is 0 Å². The topological polar surface area (TPSA) is 29.3 Å². The number of nitrogens with two attached hydrogens (primary N) is 1. The van der Waals surface area contributed by atoms with Gasteiger partial charge in [-0.3, -0.25) is 0 Å². The Hall–Kier alpha value is -0.0800. The standard InChI is InChI=1S/C8H20N2/c1-6(2)8(7(3)9)10(4)5/h6-8H,9H2,1-5H3. The Bertz CT molecular complexity index is 68.2. The van der Waals surface area contributed by atoms with E-state index >= 15 is 0 Å². The van der Waals surface area contributed by atoms with Crippen molar-refractivity contribution in [2.45, 2.75) is 32.9 Å². The van der Waals surface area contributed by atoms with Gasteiger partial charge in [-0.1, -0.05) is 13.8 Å². The zero-order chi connectivity index (χ0) is 8.31. The van der Waals surface area contributed by atoms with Gasteiger partial charge >= 0.3 is 0 Å². The fourth-order valence-corrected chi connectivity index (χ4v) is 1.67. The van der Waals surface area contributed by atoms with Crippen molar-refractivity contribution in [2.75, 3.05) is 14.1 Å². The van der Waals surface area contributed by atoms with Crippen LogP contribution in [0, 0.1) is 5.92 Å². The van der Waals surface area contributed by atoms with Crippen LogP contribution in [0.2, 0.25) is 0 Å². The summed E-state index contributed by atoms with van der Waals surface area (Å²) in [4.78, 5) is 2.19. The van der Waals surface area contributed by atoms with E-state index in [0.29, 0.717) is 12.0 Å². The lowest BCUT2D eigenvalue weighted by Gasteiger charge is -2.31. The molecule has 0 spiro atoms. The molecule has 0 aliphatic rings. The molecule has 2 N–H and O–H groups in total. The average Bonchev–Trinajstić information content (AvgIpc) is 1.59. The van der Waals surface area contributed by atoms with Crippen molar-refractivity contribution in [2.24, 2.45) is 11.7 Å². The van der Waals surface area contributed by atoms with Gasteiger partial charge in [0.1, 0.15) is 0 Å². The highest BCUT2D eigenvalue weighted by atomic mass is 15.1. The normalized spacial score (nSPS) is 18.0. The van der Waals surface area contributed by atoms with Crippen LogP contribution in [0.1, 0.15) is 20.8 Å². The maximum Gasteiger partial charge on any atom is 0.0261 e. The fourth-order valence-electron chi connectivity index (χ4n) is 1.67. The van der Waals surface area contributed by atoms with Gasteiger partial charge in [-0.25, -0.2) is 0 Å². The van der Waals surface area contributed by atoms with Crippen LogP contribution >= 0.6 is 0 Å². The molecule has 2 atom stereocenters. The highest BCUT2D eigenvalue weighted by Gasteiger charge is 2.19. The molecule has 0 amide bonds. The lowest BCUT2D eigenvalue weighted by molar-refractivity contribution is 0.203. The van der Waals surface area contributed by atoms with E-state index in [-0.39, 0.29) is 6.04 Å². The molecule has 0 rings (SSSR count). The molecule has 2 unspecified atom stereocenters. The predicted molar refractivity (Wildman–Crippen MR) is 46.0 cm³/mol. The lowest BCUT2D eigenvalue weighted by Crippen LogP contribution is -2.45. The molecule has 10 heavy (non-hydrogen) atoms. The van der Waals surface area contributed by atoms with Crippen LogP contribution in [0.3, 0.4) is 0 Å². The van der Waals surface area contributed by atoms with Gasteiger partial charge in [0.2, 0.25) is 0 Å². The van der Waals surface area contributed by atoms with E-state index in [9.17, 15) is 0 Å². The van der Waals surface area contributed by atoms with Gasteiger partial charge in [0.05, 0.1) is 0 Å². The third-order valence-electron chi connectivity index (χ3n) is 1.82. The van der Waals surface area contributed by atoms with Gasteiger partial charge in [0, 0.05) is 12.1 Å². The molecule has 0 aromatic rings. The van der Waals surface area contributed by atoms with E-state index in [1.54, 1.807) is 0 Å². The quantitative estimate of drug-likeness (QED) is 0.638. The van der Waals surface area contributed by atoms with Crippen LogP contribution in [0.5, 0.6) is 0 Å². The average molecular weight is 144 g/mol. The van der Waals surface area contributed by atoms with Crippen molar-refractivity contribution >= 4 is 0 Å². The molecule has 2 nitrogen and oxygen atoms in total. The van der Waals surface area contributed by atoms with E-state index in [4.69, 9.17) is 5.73 Å². The first-order chi connectivity index (χ1) is 4.46. The largest absolute Gasteiger partial charge is 0.327 e. The molecule has 0 aliphatic carbocycles. The van der Waals surface area contributed by atoms with Gasteiger partial charge in [0.25, 0.3) is 0 Å². The Morgan fingerprint density at radius 2 is 1.50 bits per heavy atom. The maximum atomic E-state index is 5.80. The summed E-state index contributed by atoms with van der Waals surface area (Å²) in [6.07, 6.45) is 0. The molecule has 0 heterocycles. The van der Waals surface area contributed by atoms with E-state index in [0.717, 1.165) is 0 Å². The summed E-state index contributed by atoms with van der Waals surface area (Å²) in [6, 6.07) is 0.759. The van der Waals surface area contributed by atoms with Crippen LogP contribution in [0.25, 0.3) is 0 Å². The molecule has 0 aromatic heterocycles. The number of hydrogen-bond acceptors (Lipinski definition) is 2. The molecule has 0 fully saturated rings. The van der Waals surface area contributed by atoms with Crippen molar-refractivity contribution in [1.29, 1.82) is 0 Å². The minimum absolute atomic E-state index is 0.259. The van der Waals surface area contributed by atoms with Crippen LogP contribution in [-0.4, -0.2) is 31.1 Å². The van der Waals surface area contributed by atoms with Crippen LogP contribution < -0.4 is 5.73 Å². The zero-order valence-electron chi connectivity index (χ0n) is 7.76. The predicted octanol–water partition coefficient (Wildman–Crippen LogP) is 0.920. The monoisotopic (exact) mass is 144 g/mol. The van der Waals surface area contributed by atoms with Gasteiger partial charge in [-0.05, 0) is 26.9 Å². The Kier molecular flexibility index (Phi) is 3.91. The molecule has 0 saturated carbocycles. The second-order valence-corrected chi connectivity index (χ2v) is 3.56. The minimum Gasteiger partial charge on any atom is -0.327 e. The van der Waals surface area contributed by atoms with Crippen LogP contribution in [0.15, 0.2) is 0 Å². The van der Waals surface area contributed by atoms with E-state index in [1.165, 1.54) is 0 Å². The Labute approximate surface area is 64.4 Å². The van der Waals surface area contributed by atoms with Gasteiger partial charge in [-0.15, -0.1) is 0 Å². The van der Waals surface area contributed by atoms with Crippen molar-refractivity contribution < 1.29 is 0 Å². The van der Waals surface area contributed by atoms with Crippen molar-refractivity contribution in [1.82, 2.24) is 4.90 Å². The SMILES string of the molecule is CC(C)C(C(C)N)N(C)C. The summed E-state index contributed by atoms with van der Waals surface area (Å²) in [5.74, 6) is 0.634. The molecular formula is C8H20N2.